The van der Waals surface area contributed by atoms with E-state index in [1.165, 1.54) is 19.8 Å². The Hall–Kier alpha value is -2.60. The molecule has 7 heteroatoms. The van der Waals surface area contributed by atoms with Gasteiger partial charge < -0.3 is 23.8 Å². The second-order valence-electron chi connectivity index (χ2n) is 8.50. The largest absolute Gasteiger partial charge is 0.493 e. The van der Waals surface area contributed by atoms with E-state index in [4.69, 9.17) is 30.5 Å². The van der Waals surface area contributed by atoms with Gasteiger partial charge in [0.2, 0.25) is 0 Å². The molecule has 0 N–H and O–H groups in total. The van der Waals surface area contributed by atoms with Crippen molar-refractivity contribution < 1.29 is 23.7 Å². The maximum Gasteiger partial charge on any atom is 0.254 e. The molecule has 1 amide bonds. The number of nitrogens with zero attached hydrogens (tertiary/aromatic N) is 1. The Morgan fingerprint density at radius 2 is 1.74 bits per heavy atom. The molecule has 1 saturated carbocycles. The zero-order chi connectivity index (χ0) is 21.6. The number of ether oxygens (including phenoxy) is 4. The van der Waals surface area contributed by atoms with E-state index in [9.17, 15) is 4.79 Å². The standard InChI is InChI=1S/C24H26ClNO5/c1-28-21-10-15(9-18(25)22(21)29-2)23(27)26-13-16-11-19-20(31-8-7-30-19)12-17(16)24(14-26)5-3-4-6-24/h9-12H,3-8,13-14H2,1-2H3. The molecule has 0 atom stereocenters. The van der Waals surface area contributed by atoms with Crippen molar-refractivity contribution in [3.05, 3.63) is 46.0 Å². The van der Waals surface area contributed by atoms with Crippen molar-refractivity contribution in [3.63, 3.8) is 0 Å². The van der Waals surface area contributed by atoms with Gasteiger partial charge in [-0.3, -0.25) is 4.79 Å². The van der Waals surface area contributed by atoms with E-state index < -0.39 is 0 Å². The summed E-state index contributed by atoms with van der Waals surface area (Å²) >= 11 is 6.37. The van der Waals surface area contributed by atoms with E-state index in [0.717, 1.165) is 42.7 Å². The third-order valence-electron chi connectivity index (χ3n) is 6.72. The molecule has 2 aromatic rings. The Kier molecular flexibility index (Phi) is 5.13. The molecule has 1 fully saturated rings. The van der Waals surface area contributed by atoms with Crippen molar-refractivity contribution in [1.29, 1.82) is 0 Å². The van der Waals surface area contributed by atoms with Gasteiger partial charge in [0.15, 0.2) is 23.0 Å². The highest BCUT2D eigenvalue weighted by molar-refractivity contribution is 6.32. The summed E-state index contributed by atoms with van der Waals surface area (Å²) < 4.78 is 22.4. The van der Waals surface area contributed by atoms with Crippen LogP contribution in [0.5, 0.6) is 23.0 Å². The highest BCUT2D eigenvalue weighted by atomic mass is 35.5. The number of rotatable bonds is 3. The molecular weight excluding hydrogens is 418 g/mol. The molecule has 0 unspecified atom stereocenters. The summed E-state index contributed by atoms with van der Waals surface area (Å²) in [4.78, 5) is 15.5. The van der Waals surface area contributed by atoms with Crippen molar-refractivity contribution in [1.82, 2.24) is 4.90 Å². The summed E-state index contributed by atoms with van der Waals surface area (Å²) in [5.41, 5.74) is 2.90. The molecule has 0 bridgehead atoms. The van der Waals surface area contributed by atoms with Crippen LogP contribution in [0.3, 0.4) is 0 Å². The summed E-state index contributed by atoms with van der Waals surface area (Å²) in [6, 6.07) is 7.58. The second-order valence-corrected chi connectivity index (χ2v) is 8.90. The van der Waals surface area contributed by atoms with Crippen molar-refractivity contribution in [2.45, 2.75) is 37.6 Å². The number of carbonyl (C=O) groups is 1. The van der Waals surface area contributed by atoms with Gasteiger partial charge in [0.05, 0.1) is 19.2 Å². The molecule has 2 aliphatic heterocycles. The monoisotopic (exact) mass is 443 g/mol. The highest BCUT2D eigenvalue weighted by Gasteiger charge is 2.44. The molecule has 5 rings (SSSR count). The normalized spacial score (nSPS) is 18.6. The summed E-state index contributed by atoms with van der Waals surface area (Å²) in [5, 5.41) is 0.359. The minimum atomic E-state index is -0.0605. The zero-order valence-corrected chi connectivity index (χ0v) is 18.6. The van der Waals surface area contributed by atoms with Gasteiger partial charge in [-0.15, -0.1) is 0 Å². The first-order valence-electron chi connectivity index (χ1n) is 10.7. The van der Waals surface area contributed by atoms with E-state index in [1.807, 2.05) is 4.90 Å². The Morgan fingerprint density at radius 3 is 2.42 bits per heavy atom. The van der Waals surface area contributed by atoms with E-state index in [0.29, 0.717) is 48.4 Å². The van der Waals surface area contributed by atoms with Crippen LogP contribution < -0.4 is 18.9 Å². The molecular formula is C24H26ClNO5. The van der Waals surface area contributed by atoms with E-state index in [1.54, 1.807) is 12.1 Å². The van der Waals surface area contributed by atoms with Crippen LogP contribution in [-0.2, 0) is 12.0 Å². The Morgan fingerprint density at radius 1 is 1.03 bits per heavy atom. The van der Waals surface area contributed by atoms with Crippen molar-refractivity contribution >= 4 is 17.5 Å². The molecule has 1 aliphatic carbocycles. The number of halogens is 1. The number of benzene rings is 2. The lowest BCUT2D eigenvalue weighted by atomic mass is 9.73. The first kappa shape index (κ1) is 20.3. The van der Waals surface area contributed by atoms with Crippen LogP contribution in [0, 0.1) is 0 Å². The van der Waals surface area contributed by atoms with E-state index >= 15 is 0 Å². The van der Waals surface area contributed by atoms with Crippen LogP contribution in [0.15, 0.2) is 24.3 Å². The molecule has 0 radical (unpaired) electrons. The summed E-state index contributed by atoms with van der Waals surface area (Å²) in [6.07, 6.45) is 4.46. The zero-order valence-electron chi connectivity index (χ0n) is 17.8. The van der Waals surface area contributed by atoms with Gasteiger partial charge >= 0.3 is 0 Å². The lowest BCUT2D eigenvalue weighted by molar-refractivity contribution is 0.0668. The predicted molar refractivity (Wildman–Crippen MR) is 117 cm³/mol. The first-order chi connectivity index (χ1) is 15.0. The minimum absolute atomic E-state index is 0.0422. The number of carbonyl (C=O) groups excluding carboxylic acids is 1. The van der Waals surface area contributed by atoms with Gasteiger partial charge in [0.1, 0.15) is 13.2 Å². The Balaban J connectivity index is 1.53. The van der Waals surface area contributed by atoms with Crippen LogP contribution >= 0.6 is 11.6 Å². The third-order valence-corrected chi connectivity index (χ3v) is 7.00. The molecule has 3 aliphatic rings. The van der Waals surface area contributed by atoms with Gasteiger partial charge in [-0.2, -0.15) is 0 Å². The minimum Gasteiger partial charge on any atom is -0.493 e. The lowest BCUT2D eigenvalue weighted by Gasteiger charge is -2.43. The molecule has 2 heterocycles. The maximum atomic E-state index is 13.6. The van der Waals surface area contributed by atoms with Crippen LogP contribution in [0.25, 0.3) is 0 Å². The molecule has 0 saturated heterocycles. The van der Waals surface area contributed by atoms with Gasteiger partial charge in [-0.1, -0.05) is 24.4 Å². The third kappa shape index (κ3) is 3.37. The van der Waals surface area contributed by atoms with E-state index in [-0.39, 0.29) is 11.3 Å². The topological polar surface area (TPSA) is 57.2 Å². The van der Waals surface area contributed by atoms with E-state index in [2.05, 4.69) is 12.1 Å². The van der Waals surface area contributed by atoms with Crippen LogP contribution in [0.4, 0.5) is 0 Å². The quantitative estimate of drug-likeness (QED) is 0.694. The summed E-state index contributed by atoms with van der Waals surface area (Å²) in [6.45, 7) is 2.33. The smallest absolute Gasteiger partial charge is 0.254 e. The number of fused-ring (bicyclic) bond motifs is 3. The summed E-state index contributed by atoms with van der Waals surface area (Å²) in [5.74, 6) is 2.41. The SMILES string of the molecule is COc1cc(C(=O)N2Cc3cc4c(cc3C3(CCCC3)C2)OCCO4)cc(Cl)c1OC. The number of hydrogen-bond acceptors (Lipinski definition) is 5. The van der Waals surface area contributed by atoms with Gasteiger partial charge in [-0.05, 0) is 48.2 Å². The van der Waals surface area contributed by atoms with Crippen LogP contribution in [0.1, 0.15) is 47.2 Å². The average Bonchev–Trinajstić information content (AvgIpc) is 3.25. The fraction of sp³-hybridized carbons (Fsp3) is 0.458. The van der Waals surface area contributed by atoms with Crippen molar-refractivity contribution in [2.24, 2.45) is 0 Å². The van der Waals surface area contributed by atoms with Gasteiger partial charge in [0, 0.05) is 24.1 Å². The average molecular weight is 444 g/mol. The fourth-order valence-electron chi connectivity index (χ4n) is 5.31. The number of methoxy groups -OCH3 is 2. The molecule has 6 nitrogen and oxygen atoms in total. The Labute approximate surface area is 187 Å². The fourth-order valence-corrected chi connectivity index (χ4v) is 5.60. The molecule has 0 aromatic heterocycles. The molecule has 1 spiro atoms. The van der Waals surface area contributed by atoms with Crippen molar-refractivity contribution in [3.8, 4) is 23.0 Å². The maximum absolute atomic E-state index is 13.6. The van der Waals surface area contributed by atoms with Crippen molar-refractivity contribution in [2.75, 3.05) is 34.0 Å². The molecule has 2 aromatic carbocycles. The van der Waals surface area contributed by atoms with Crippen LogP contribution in [0.2, 0.25) is 5.02 Å². The second kappa shape index (κ2) is 7.83. The first-order valence-corrected chi connectivity index (χ1v) is 11.1. The van der Waals surface area contributed by atoms with Gasteiger partial charge in [0.25, 0.3) is 5.91 Å². The molecule has 164 valence electrons. The summed E-state index contributed by atoms with van der Waals surface area (Å²) in [7, 11) is 3.07. The molecule has 31 heavy (non-hydrogen) atoms. The Bertz CT molecular complexity index is 1030. The predicted octanol–water partition coefficient (Wildman–Crippen LogP) is 4.60. The number of hydrogen-bond donors (Lipinski definition) is 0. The number of amides is 1. The van der Waals surface area contributed by atoms with Gasteiger partial charge in [-0.25, -0.2) is 0 Å². The highest BCUT2D eigenvalue weighted by Crippen LogP contribution is 2.49. The lowest BCUT2D eigenvalue weighted by Crippen LogP contribution is -2.46. The van der Waals surface area contributed by atoms with Crippen LogP contribution in [-0.4, -0.2) is 44.8 Å².